The molecule has 0 amide bonds. The minimum absolute atomic E-state index is 0.833. The van der Waals surface area contributed by atoms with Gasteiger partial charge in [0.1, 0.15) is 0 Å². The first-order valence-corrected chi connectivity index (χ1v) is 9.85. The highest BCUT2D eigenvalue weighted by atomic mass is 16.4. The molecule has 4 heteroatoms. The summed E-state index contributed by atoms with van der Waals surface area (Å²) in [6, 6.07) is 0. The Kier molecular flexibility index (Phi) is 23.1. The summed E-state index contributed by atoms with van der Waals surface area (Å²) in [5.74, 6) is -0.833. The molecule has 0 unspecified atom stereocenters. The summed E-state index contributed by atoms with van der Waals surface area (Å²) in [4.78, 5) is 11.3. The van der Waals surface area contributed by atoms with Crippen molar-refractivity contribution in [3.05, 3.63) is 0 Å². The van der Waals surface area contributed by atoms with Gasteiger partial charge in [-0.2, -0.15) is 0 Å². The number of nitrogens with zero attached hydrogens (tertiary/aromatic N) is 1. The fourth-order valence-electron chi connectivity index (χ4n) is 2.62. The van der Waals surface area contributed by atoms with Crippen LogP contribution in [0.25, 0.3) is 0 Å². The summed E-state index contributed by atoms with van der Waals surface area (Å²) < 4.78 is 0. The van der Waals surface area contributed by atoms with E-state index in [1.54, 1.807) is 0 Å². The topological polar surface area (TPSA) is 40.5 Å². The van der Waals surface area contributed by atoms with Crippen LogP contribution in [-0.2, 0) is 0 Å². The minimum Gasteiger partial charge on any atom is -0.490 e. The Morgan fingerprint density at radius 1 is 0.739 bits per heavy atom. The molecule has 0 bridgehead atoms. The molecule has 0 aliphatic heterocycles. The van der Waals surface area contributed by atoms with Crippen molar-refractivity contribution in [3.8, 4) is 0 Å². The standard InChI is InChI=1S/C18H39N.CH3BO2/c1-4-5-6-7-8-9-10-11-12-13-14-15-16-17-18-19(2)3;2-1(3)4/h4-18H2,1-3H3;2H2,(H,3,4). The highest BCUT2D eigenvalue weighted by molar-refractivity contribution is 6.54. The van der Waals surface area contributed by atoms with Gasteiger partial charge in [-0.05, 0) is 27.1 Å². The molecule has 0 aliphatic rings. The van der Waals surface area contributed by atoms with Gasteiger partial charge in [-0.1, -0.05) is 90.4 Å². The van der Waals surface area contributed by atoms with Gasteiger partial charge in [0.2, 0.25) is 13.7 Å². The third kappa shape index (κ3) is 34.0. The van der Waals surface area contributed by atoms with Gasteiger partial charge < -0.3 is 10.0 Å². The molecule has 0 heterocycles. The zero-order valence-corrected chi connectivity index (χ0v) is 16.4. The molecule has 0 saturated carbocycles. The first-order chi connectivity index (χ1) is 11.0. The van der Waals surface area contributed by atoms with Crippen LogP contribution in [0, 0.1) is 0 Å². The van der Waals surface area contributed by atoms with Crippen molar-refractivity contribution in [2.45, 2.75) is 96.8 Å². The summed E-state index contributed by atoms with van der Waals surface area (Å²) >= 11 is 0. The van der Waals surface area contributed by atoms with Gasteiger partial charge in [0.25, 0.3) is 0 Å². The summed E-state index contributed by atoms with van der Waals surface area (Å²) in [5.41, 5.74) is 0. The molecule has 1 N–H and O–H groups in total. The molecule has 0 rings (SSSR count). The van der Waals surface area contributed by atoms with E-state index in [9.17, 15) is 0 Å². The number of hydrogen-bond acceptors (Lipinski definition) is 2. The van der Waals surface area contributed by atoms with Crippen molar-refractivity contribution in [3.63, 3.8) is 0 Å². The number of carbonyl (C=O) groups is 1. The van der Waals surface area contributed by atoms with Gasteiger partial charge in [0.05, 0.1) is 0 Å². The number of carboxylic acid groups (broad SMARTS) is 1. The SMILES string of the molecule is BC(=O)O.CCCCCCCCCCCCCCCCN(C)C. The molecule has 0 aromatic heterocycles. The third-order valence-corrected chi connectivity index (χ3v) is 3.96. The minimum atomic E-state index is -0.833. The lowest BCUT2D eigenvalue weighted by Crippen LogP contribution is -2.12. The fraction of sp³-hybridized carbons (Fsp3) is 0.947. The third-order valence-electron chi connectivity index (χ3n) is 3.96. The average molecular weight is 327 g/mol. The molecule has 0 aliphatic carbocycles. The van der Waals surface area contributed by atoms with Crippen LogP contribution in [0.15, 0.2) is 0 Å². The summed E-state index contributed by atoms with van der Waals surface area (Å²) in [6.07, 6.45) is 20.3. The largest absolute Gasteiger partial charge is 0.490 e. The first-order valence-electron chi connectivity index (χ1n) is 9.85. The Bertz CT molecular complexity index is 231. The molecule has 0 aromatic carbocycles. The first kappa shape index (κ1) is 24.7. The van der Waals surface area contributed by atoms with Crippen LogP contribution in [0.2, 0.25) is 0 Å². The van der Waals surface area contributed by atoms with Gasteiger partial charge in [-0.3, -0.25) is 4.79 Å². The quantitative estimate of drug-likeness (QED) is 0.326. The summed E-state index contributed by atoms with van der Waals surface area (Å²) in [6.45, 7) is 3.55. The van der Waals surface area contributed by atoms with Crippen LogP contribution in [0.5, 0.6) is 0 Å². The van der Waals surface area contributed by atoms with E-state index in [0.717, 1.165) is 7.85 Å². The van der Waals surface area contributed by atoms with Gasteiger partial charge in [0.15, 0.2) is 0 Å². The maximum Gasteiger partial charge on any atom is 0.242 e. The zero-order valence-electron chi connectivity index (χ0n) is 16.4. The molecule has 0 fully saturated rings. The van der Waals surface area contributed by atoms with Crippen LogP contribution in [0.4, 0.5) is 4.79 Å². The van der Waals surface area contributed by atoms with Crippen LogP contribution in [0.1, 0.15) is 96.8 Å². The molecule has 138 valence electrons. The van der Waals surface area contributed by atoms with E-state index >= 15 is 0 Å². The Morgan fingerprint density at radius 2 is 1.00 bits per heavy atom. The second kappa shape index (κ2) is 21.5. The molecule has 0 aromatic rings. The van der Waals surface area contributed by atoms with Crippen LogP contribution in [0.3, 0.4) is 0 Å². The lowest BCUT2D eigenvalue weighted by molar-refractivity contribution is 0.220. The normalized spacial score (nSPS) is 10.4. The molecule has 3 nitrogen and oxygen atoms in total. The highest BCUT2D eigenvalue weighted by Crippen LogP contribution is 2.12. The van der Waals surface area contributed by atoms with Crippen molar-refractivity contribution in [1.29, 1.82) is 0 Å². The Morgan fingerprint density at radius 3 is 1.26 bits per heavy atom. The van der Waals surface area contributed by atoms with Crippen molar-refractivity contribution >= 4 is 13.7 Å². The smallest absolute Gasteiger partial charge is 0.242 e. The maximum atomic E-state index is 9.00. The van der Waals surface area contributed by atoms with Crippen LogP contribution < -0.4 is 0 Å². The van der Waals surface area contributed by atoms with Crippen molar-refractivity contribution in [2.75, 3.05) is 20.6 Å². The molecule has 0 radical (unpaired) electrons. The Labute approximate surface area is 146 Å². The molecule has 0 spiro atoms. The number of unbranched alkanes of at least 4 members (excludes halogenated alkanes) is 13. The van der Waals surface area contributed by atoms with Crippen LogP contribution >= 0.6 is 0 Å². The van der Waals surface area contributed by atoms with Gasteiger partial charge >= 0.3 is 0 Å². The molecule has 0 saturated heterocycles. The van der Waals surface area contributed by atoms with E-state index in [2.05, 4.69) is 25.9 Å². The Hall–Kier alpha value is -0.505. The number of rotatable bonds is 15. The predicted octanol–water partition coefficient (Wildman–Crippen LogP) is 5.33. The van der Waals surface area contributed by atoms with Gasteiger partial charge in [-0.25, -0.2) is 0 Å². The highest BCUT2D eigenvalue weighted by Gasteiger charge is 1.94. The average Bonchev–Trinajstić information content (AvgIpc) is 2.47. The summed E-state index contributed by atoms with van der Waals surface area (Å²) in [5, 5.41) is 7.42. The molecular weight excluding hydrogens is 285 g/mol. The van der Waals surface area contributed by atoms with E-state index in [-0.39, 0.29) is 0 Å². The van der Waals surface area contributed by atoms with Crippen molar-refractivity contribution < 1.29 is 9.90 Å². The van der Waals surface area contributed by atoms with E-state index in [4.69, 9.17) is 9.90 Å². The van der Waals surface area contributed by atoms with E-state index in [0.29, 0.717) is 0 Å². The van der Waals surface area contributed by atoms with E-state index in [1.807, 2.05) is 0 Å². The lowest BCUT2D eigenvalue weighted by atomic mass is 10.0. The summed E-state index contributed by atoms with van der Waals surface area (Å²) in [7, 11) is 5.42. The molecule has 0 atom stereocenters. The molecular formula is C19H42BNO2. The second-order valence-corrected chi connectivity index (χ2v) is 6.92. The Balaban J connectivity index is 0. The van der Waals surface area contributed by atoms with Crippen molar-refractivity contribution in [2.24, 2.45) is 0 Å². The predicted molar refractivity (Wildman–Crippen MR) is 105 cm³/mol. The fourth-order valence-corrected chi connectivity index (χ4v) is 2.62. The van der Waals surface area contributed by atoms with E-state index < -0.39 is 5.87 Å². The maximum absolute atomic E-state index is 9.00. The molecule has 23 heavy (non-hydrogen) atoms. The number of hydrogen-bond donors (Lipinski definition) is 1. The van der Waals surface area contributed by atoms with Gasteiger partial charge in [0, 0.05) is 0 Å². The second-order valence-electron chi connectivity index (χ2n) is 6.92. The van der Waals surface area contributed by atoms with E-state index in [1.165, 1.54) is 96.4 Å². The van der Waals surface area contributed by atoms with Gasteiger partial charge in [-0.15, -0.1) is 0 Å². The zero-order chi connectivity index (χ0) is 17.8. The lowest BCUT2D eigenvalue weighted by Gasteiger charge is -2.08. The van der Waals surface area contributed by atoms with Crippen molar-refractivity contribution in [1.82, 2.24) is 4.90 Å². The monoisotopic (exact) mass is 327 g/mol. The van der Waals surface area contributed by atoms with Crippen LogP contribution in [-0.4, -0.2) is 44.4 Å².